The van der Waals surface area contributed by atoms with Gasteiger partial charge in [-0.05, 0) is 37.6 Å². The first-order chi connectivity index (χ1) is 9.09. The van der Waals surface area contributed by atoms with Gasteiger partial charge in [0, 0.05) is 16.4 Å². The maximum Gasteiger partial charge on any atom is 0.149 e. The summed E-state index contributed by atoms with van der Waals surface area (Å²) in [7, 11) is 0. The second kappa shape index (κ2) is 4.51. The van der Waals surface area contributed by atoms with Crippen molar-refractivity contribution in [2.24, 2.45) is 0 Å². The normalized spacial score (nSPS) is 11.2. The summed E-state index contributed by atoms with van der Waals surface area (Å²) in [6.45, 7) is 4.06. The predicted molar refractivity (Wildman–Crippen MR) is 78.4 cm³/mol. The molecular formula is C14H11Cl2N3. The Labute approximate surface area is 120 Å². The zero-order valence-electron chi connectivity index (χ0n) is 10.5. The Morgan fingerprint density at radius 3 is 2.63 bits per heavy atom. The highest BCUT2D eigenvalue weighted by atomic mass is 35.5. The van der Waals surface area contributed by atoms with E-state index < -0.39 is 0 Å². The molecule has 0 radical (unpaired) electrons. The summed E-state index contributed by atoms with van der Waals surface area (Å²) in [6, 6.07) is 7.67. The van der Waals surface area contributed by atoms with Gasteiger partial charge in [0.05, 0.1) is 5.39 Å². The summed E-state index contributed by atoms with van der Waals surface area (Å²) in [5.74, 6) is 0. The number of benzene rings is 1. The number of aryl methyl sites for hydroxylation is 1. The molecule has 0 aliphatic rings. The maximum atomic E-state index is 6.18. The number of nitrogens with zero attached hydrogens (tertiary/aromatic N) is 3. The molecule has 0 spiro atoms. The van der Waals surface area contributed by atoms with Crippen LogP contribution in [-0.4, -0.2) is 14.5 Å². The highest BCUT2D eigenvalue weighted by molar-refractivity contribution is 6.34. The largest absolute Gasteiger partial charge is 0.298 e. The fraction of sp³-hybridized carbons (Fsp3) is 0.143. The zero-order valence-corrected chi connectivity index (χ0v) is 12.0. The van der Waals surface area contributed by atoms with E-state index in [4.69, 9.17) is 23.2 Å². The summed E-state index contributed by atoms with van der Waals surface area (Å²) >= 11 is 12.2. The van der Waals surface area contributed by atoms with Crippen LogP contribution < -0.4 is 0 Å². The Morgan fingerprint density at radius 2 is 1.89 bits per heavy atom. The summed E-state index contributed by atoms with van der Waals surface area (Å²) in [5.41, 5.74) is 3.94. The second-order valence-electron chi connectivity index (χ2n) is 4.39. The van der Waals surface area contributed by atoms with Crippen molar-refractivity contribution in [3.05, 3.63) is 52.0 Å². The molecule has 0 aliphatic heterocycles. The van der Waals surface area contributed by atoms with Gasteiger partial charge >= 0.3 is 0 Å². The average Bonchev–Trinajstić information content (AvgIpc) is 2.63. The fourth-order valence-electron chi connectivity index (χ4n) is 2.29. The van der Waals surface area contributed by atoms with E-state index in [1.165, 1.54) is 6.33 Å². The van der Waals surface area contributed by atoms with E-state index in [9.17, 15) is 0 Å². The van der Waals surface area contributed by atoms with E-state index >= 15 is 0 Å². The Hall–Kier alpha value is -1.58. The third kappa shape index (κ3) is 1.90. The lowest BCUT2D eigenvalue weighted by Crippen LogP contribution is -1.98. The third-order valence-electron chi connectivity index (χ3n) is 3.31. The molecule has 0 unspecified atom stereocenters. The number of aromatic nitrogens is 3. The van der Waals surface area contributed by atoms with Gasteiger partial charge in [0.15, 0.2) is 0 Å². The lowest BCUT2D eigenvalue weighted by molar-refractivity contribution is 1.01. The molecule has 0 N–H and O–H groups in total. The van der Waals surface area contributed by atoms with Gasteiger partial charge in [-0.1, -0.05) is 29.3 Å². The molecule has 3 aromatic rings. The van der Waals surface area contributed by atoms with Crippen LogP contribution in [0.1, 0.15) is 11.3 Å². The zero-order chi connectivity index (χ0) is 13.6. The van der Waals surface area contributed by atoms with Crippen LogP contribution in [0.25, 0.3) is 16.7 Å². The molecule has 0 saturated carbocycles. The highest BCUT2D eigenvalue weighted by Crippen LogP contribution is 2.31. The maximum absolute atomic E-state index is 6.18. The van der Waals surface area contributed by atoms with Crippen LogP contribution in [0, 0.1) is 13.8 Å². The van der Waals surface area contributed by atoms with Gasteiger partial charge in [0.1, 0.15) is 17.1 Å². The van der Waals surface area contributed by atoms with Gasteiger partial charge in [-0.15, -0.1) is 0 Å². The topological polar surface area (TPSA) is 30.7 Å². The van der Waals surface area contributed by atoms with Crippen molar-refractivity contribution in [3.63, 3.8) is 0 Å². The molecule has 2 heterocycles. The highest BCUT2D eigenvalue weighted by Gasteiger charge is 2.16. The minimum Gasteiger partial charge on any atom is -0.298 e. The quantitative estimate of drug-likeness (QED) is 0.624. The first-order valence-electron chi connectivity index (χ1n) is 5.83. The van der Waals surface area contributed by atoms with Crippen LogP contribution in [-0.2, 0) is 0 Å². The van der Waals surface area contributed by atoms with Gasteiger partial charge in [-0.3, -0.25) is 4.57 Å². The van der Waals surface area contributed by atoms with E-state index in [-0.39, 0.29) is 0 Å². The molecule has 2 aromatic heterocycles. The van der Waals surface area contributed by atoms with Crippen molar-refractivity contribution < 1.29 is 0 Å². The molecule has 0 atom stereocenters. The van der Waals surface area contributed by atoms with Gasteiger partial charge in [-0.25, -0.2) is 9.97 Å². The Kier molecular flexibility index (Phi) is 2.96. The molecule has 5 heteroatoms. The number of hydrogen-bond donors (Lipinski definition) is 0. The molecule has 1 aromatic carbocycles. The van der Waals surface area contributed by atoms with Gasteiger partial charge < -0.3 is 0 Å². The van der Waals surface area contributed by atoms with Crippen LogP contribution in [0.15, 0.2) is 30.6 Å². The third-order valence-corrected chi connectivity index (χ3v) is 3.83. The SMILES string of the molecule is Cc1c(C)n(-c2cccc(Cl)c2)c2ncnc(Cl)c12. The van der Waals surface area contributed by atoms with Crippen LogP contribution in [0.3, 0.4) is 0 Å². The molecule has 3 nitrogen and oxygen atoms in total. The standard InChI is InChI=1S/C14H11Cl2N3/c1-8-9(2)19(11-5-3-4-10(15)6-11)14-12(8)13(16)17-7-18-14/h3-7H,1-2H3. The van der Waals surface area contributed by atoms with E-state index in [0.717, 1.165) is 28.0 Å². The molecule has 0 amide bonds. The summed E-state index contributed by atoms with van der Waals surface area (Å²) in [6.07, 6.45) is 1.48. The number of rotatable bonds is 1. The Morgan fingerprint density at radius 1 is 1.11 bits per heavy atom. The molecule has 0 bridgehead atoms. The van der Waals surface area contributed by atoms with Gasteiger partial charge in [0.2, 0.25) is 0 Å². The van der Waals surface area contributed by atoms with Crippen LogP contribution in [0.2, 0.25) is 10.2 Å². The fourth-order valence-corrected chi connectivity index (χ4v) is 2.74. The van der Waals surface area contributed by atoms with Gasteiger partial charge in [-0.2, -0.15) is 0 Å². The van der Waals surface area contributed by atoms with E-state index in [0.29, 0.717) is 10.2 Å². The Balaban J connectivity index is 2.42. The van der Waals surface area contributed by atoms with E-state index in [1.54, 1.807) is 0 Å². The molecule has 0 aliphatic carbocycles. The van der Waals surface area contributed by atoms with E-state index in [1.807, 2.05) is 42.7 Å². The van der Waals surface area contributed by atoms with Crippen LogP contribution >= 0.6 is 23.2 Å². The van der Waals surface area contributed by atoms with Crippen molar-refractivity contribution in [3.8, 4) is 5.69 Å². The van der Waals surface area contributed by atoms with Crippen LogP contribution in [0.4, 0.5) is 0 Å². The first-order valence-corrected chi connectivity index (χ1v) is 6.59. The van der Waals surface area contributed by atoms with Crippen molar-refractivity contribution in [1.82, 2.24) is 14.5 Å². The number of hydrogen-bond acceptors (Lipinski definition) is 2. The molecule has 96 valence electrons. The minimum atomic E-state index is 0.478. The van der Waals surface area contributed by atoms with E-state index in [2.05, 4.69) is 9.97 Å². The first kappa shape index (κ1) is 12.5. The van der Waals surface area contributed by atoms with Crippen molar-refractivity contribution >= 4 is 34.2 Å². The second-order valence-corrected chi connectivity index (χ2v) is 5.18. The van der Waals surface area contributed by atoms with Crippen molar-refractivity contribution in [2.45, 2.75) is 13.8 Å². The predicted octanol–water partition coefficient (Wildman–Crippen LogP) is 4.34. The monoisotopic (exact) mass is 291 g/mol. The van der Waals surface area contributed by atoms with Crippen molar-refractivity contribution in [1.29, 1.82) is 0 Å². The van der Waals surface area contributed by atoms with Crippen molar-refractivity contribution in [2.75, 3.05) is 0 Å². The molecule has 3 rings (SSSR count). The lowest BCUT2D eigenvalue weighted by Gasteiger charge is -2.08. The molecular weight excluding hydrogens is 281 g/mol. The molecule has 19 heavy (non-hydrogen) atoms. The summed E-state index contributed by atoms with van der Waals surface area (Å²) in [5, 5.41) is 2.06. The molecule has 0 fully saturated rings. The summed E-state index contributed by atoms with van der Waals surface area (Å²) in [4.78, 5) is 8.40. The minimum absolute atomic E-state index is 0.478. The molecule has 0 saturated heterocycles. The summed E-state index contributed by atoms with van der Waals surface area (Å²) < 4.78 is 2.05. The van der Waals surface area contributed by atoms with Crippen LogP contribution in [0.5, 0.6) is 0 Å². The Bertz CT molecular complexity index is 778. The van der Waals surface area contributed by atoms with Gasteiger partial charge in [0.25, 0.3) is 0 Å². The number of fused-ring (bicyclic) bond motifs is 1. The lowest BCUT2D eigenvalue weighted by atomic mass is 10.2. The number of halogens is 2. The smallest absolute Gasteiger partial charge is 0.149 e. The average molecular weight is 292 g/mol.